The van der Waals surface area contributed by atoms with Gasteiger partial charge in [-0.3, -0.25) is 4.79 Å². The van der Waals surface area contributed by atoms with Crippen molar-refractivity contribution in [1.29, 1.82) is 0 Å². The van der Waals surface area contributed by atoms with Gasteiger partial charge in [-0.05, 0) is 44.0 Å². The molecular formula is C19H21NO3. The molecule has 0 bridgehead atoms. The number of carbonyl (C=O) groups is 2. The summed E-state index contributed by atoms with van der Waals surface area (Å²) < 4.78 is 5.13. The van der Waals surface area contributed by atoms with E-state index in [-0.39, 0.29) is 12.5 Å². The second-order valence-electron chi connectivity index (χ2n) is 5.38. The van der Waals surface area contributed by atoms with Gasteiger partial charge in [0, 0.05) is 5.56 Å². The first-order valence-corrected chi connectivity index (χ1v) is 7.62. The summed E-state index contributed by atoms with van der Waals surface area (Å²) in [6.07, 6.45) is 0. The average Bonchev–Trinajstić information content (AvgIpc) is 2.54. The average molecular weight is 311 g/mol. The highest BCUT2D eigenvalue weighted by Crippen LogP contribution is 2.21. The van der Waals surface area contributed by atoms with E-state index in [1.165, 1.54) is 0 Å². The molecule has 0 saturated carbocycles. The third kappa shape index (κ3) is 4.19. The topological polar surface area (TPSA) is 55.4 Å². The van der Waals surface area contributed by atoms with E-state index >= 15 is 0 Å². The maximum Gasteiger partial charge on any atom is 0.333 e. The molecule has 2 aromatic rings. The molecule has 1 atom stereocenters. The van der Waals surface area contributed by atoms with Crippen LogP contribution < -0.4 is 5.32 Å². The van der Waals surface area contributed by atoms with Gasteiger partial charge < -0.3 is 10.1 Å². The molecule has 4 heteroatoms. The number of amides is 1. The fraction of sp³-hybridized carbons (Fsp3) is 0.263. The van der Waals surface area contributed by atoms with Crippen molar-refractivity contribution >= 4 is 11.9 Å². The first kappa shape index (κ1) is 16.7. The van der Waals surface area contributed by atoms with E-state index in [1.807, 2.05) is 38.1 Å². The summed E-state index contributed by atoms with van der Waals surface area (Å²) in [7, 11) is 0. The van der Waals surface area contributed by atoms with Crippen LogP contribution >= 0.6 is 0 Å². The Kier molecular flexibility index (Phi) is 5.52. The van der Waals surface area contributed by atoms with Gasteiger partial charge in [0.2, 0.25) is 0 Å². The molecule has 0 aliphatic carbocycles. The number of hydrogen-bond donors (Lipinski definition) is 1. The monoisotopic (exact) mass is 311 g/mol. The van der Waals surface area contributed by atoms with Crippen LogP contribution in [0.5, 0.6) is 0 Å². The molecule has 120 valence electrons. The normalized spacial score (nSPS) is 11.6. The molecule has 0 aliphatic rings. The van der Waals surface area contributed by atoms with Crippen molar-refractivity contribution < 1.29 is 14.3 Å². The summed E-state index contributed by atoms with van der Waals surface area (Å²) in [5.41, 5.74) is 3.30. The Labute approximate surface area is 136 Å². The summed E-state index contributed by atoms with van der Waals surface area (Å²) >= 11 is 0. The Morgan fingerprint density at radius 2 is 1.78 bits per heavy atom. The van der Waals surface area contributed by atoms with Gasteiger partial charge in [0.1, 0.15) is 0 Å². The molecular weight excluding hydrogens is 290 g/mol. The maximum atomic E-state index is 12.4. The van der Waals surface area contributed by atoms with Crippen molar-refractivity contribution in [3.63, 3.8) is 0 Å². The molecule has 1 amide bonds. The lowest BCUT2D eigenvalue weighted by atomic mass is 9.99. The lowest BCUT2D eigenvalue weighted by Gasteiger charge is -2.20. The van der Waals surface area contributed by atoms with Crippen LogP contribution in [0.25, 0.3) is 0 Å². The predicted octanol–water partition coefficient (Wildman–Crippen LogP) is 3.34. The van der Waals surface area contributed by atoms with Gasteiger partial charge >= 0.3 is 5.97 Å². The summed E-state index contributed by atoms with van der Waals surface area (Å²) in [5.74, 6) is -0.757. The van der Waals surface area contributed by atoms with Gasteiger partial charge in [0.05, 0.1) is 6.61 Å². The van der Waals surface area contributed by atoms with Crippen molar-refractivity contribution in [1.82, 2.24) is 5.32 Å². The summed E-state index contributed by atoms with van der Waals surface area (Å²) in [6, 6.07) is 13.8. The molecule has 4 nitrogen and oxygen atoms in total. The standard InChI is InChI=1S/C19H21NO3/c1-4-23-19(22)17(16-11-10-13(2)12-14(16)3)20-18(21)15-8-6-5-7-9-15/h5-12,17H,4H2,1-3H3,(H,20,21). The van der Waals surface area contributed by atoms with Crippen LogP contribution in [0.1, 0.15) is 40.0 Å². The smallest absolute Gasteiger partial charge is 0.333 e. The van der Waals surface area contributed by atoms with E-state index in [0.717, 1.165) is 16.7 Å². The van der Waals surface area contributed by atoms with Gasteiger partial charge in [-0.25, -0.2) is 4.79 Å². The van der Waals surface area contributed by atoms with Gasteiger partial charge in [-0.1, -0.05) is 42.0 Å². The van der Waals surface area contributed by atoms with Crippen LogP contribution in [0.15, 0.2) is 48.5 Å². The minimum atomic E-state index is -0.816. The van der Waals surface area contributed by atoms with E-state index in [0.29, 0.717) is 5.56 Å². The van der Waals surface area contributed by atoms with Gasteiger partial charge in [-0.2, -0.15) is 0 Å². The van der Waals surface area contributed by atoms with Crippen LogP contribution in [-0.2, 0) is 9.53 Å². The van der Waals surface area contributed by atoms with Gasteiger partial charge in [0.15, 0.2) is 6.04 Å². The molecule has 0 fully saturated rings. The third-order valence-electron chi connectivity index (χ3n) is 3.57. The SMILES string of the molecule is CCOC(=O)C(NC(=O)c1ccccc1)c1ccc(C)cc1C. The molecule has 1 unspecified atom stereocenters. The van der Waals surface area contributed by atoms with E-state index in [1.54, 1.807) is 31.2 Å². The Hall–Kier alpha value is -2.62. The minimum absolute atomic E-state index is 0.265. The molecule has 0 saturated heterocycles. The number of carbonyl (C=O) groups excluding carboxylic acids is 2. The van der Waals surface area contributed by atoms with Crippen molar-refractivity contribution in [2.45, 2.75) is 26.8 Å². The van der Waals surface area contributed by atoms with Crippen molar-refractivity contribution in [3.05, 3.63) is 70.8 Å². The molecule has 0 aromatic heterocycles. The summed E-state index contributed by atoms with van der Waals surface area (Å²) in [5, 5.41) is 2.78. The molecule has 2 aromatic carbocycles. The number of rotatable bonds is 5. The minimum Gasteiger partial charge on any atom is -0.464 e. The van der Waals surface area contributed by atoms with Crippen LogP contribution in [0.2, 0.25) is 0 Å². The molecule has 0 radical (unpaired) electrons. The zero-order valence-corrected chi connectivity index (χ0v) is 13.6. The van der Waals surface area contributed by atoms with Crippen LogP contribution in [0.4, 0.5) is 0 Å². The van der Waals surface area contributed by atoms with Crippen molar-refractivity contribution in [2.75, 3.05) is 6.61 Å². The molecule has 23 heavy (non-hydrogen) atoms. The zero-order chi connectivity index (χ0) is 16.8. The lowest BCUT2D eigenvalue weighted by molar-refractivity contribution is -0.145. The zero-order valence-electron chi connectivity index (χ0n) is 13.6. The Balaban J connectivity index is 2.31. The lowest BCUT2D eigenvalue weighted by Crippen LogP contribution is -2.35. The number of benzene rings is 2. The third-order valence-corrected chi connectivity index (χ3v) is 3.57. The van der Waals surface area contributed by atoms with Crippen molar-refractivity contribution in [3.8, 4) is 0 Å². The number of nitrogens with one attached hydrogen (secondary N) is 1. The van der Waals surface area contributed by atoms with Gasteiger partial charge in [-0.15, -0.1) is 0 Å². The molecule has 2 rings (SSSR count). The molecule has 0 heterocycles. The summed E-state index contributed by atoms with van der Waals surface area (Å²) in [4.78, 5) is 24.7. The molecule has 0 aliphatic heterocycles. The second kappa shape index (κ2) is 7.58. The van der Waals surface area contributed by atoms with Crippen LogP contribution in [-0.4, -0.2) is 18.5 Å². The van der Waals surface area contributed by atoms with Crippen LogP contribution in [0.3, 0.4) is 0 Å². The van der Waals surface area contributed by atoms with Crippen molar-refractivity contribution in [2.24, 2.45) is 0 Å². The number of hydrogen-bond acceptors (Lipinski definition) is 3. The Bertz CT molecular complexity index is 695. The molecule has 0 spiro atoms. The van der Waals surface area contributed by atoms with Gasteiger partial charge in [0.25, 0.3) is 5.91 Å². The second-order valence-corrected chi connectivity index (χ2v) is 5.38. The highest BCUT2D eigenvalue weighted by molar-refractivity contribution is 5.97. The van der Waals surface area contributed by atoms with E-state index in [2.05, 4.69) is 5.32 Å². The van der Waals surface area contributed by atoms with Crippen LogP contribution in [0, 0.1) is 13.8 Å². The number of ether oxygens (including phenoxy) is 1. The highest BCUT2D eigenvalue weighted by Gasteiger charge is 2.26. The summed E-state index contributed by atoms with van der Waals surface area (Å²) in [6.45, 7) is 5.92. The Morgan fingerprint density at radius 3 is 2.39 bits per heavy atom. The van der Waals surface area contributed by atoms with E-state index in [9.17, 15) is 9.59 Å². The maximum absolute atomic E-state index is 12.4. The predicted molar refractivity (Wildman–Crippen MR) is 89.2 cm³/mol. The number of esters is 1. The first-order valence-electron chi connectivity index (χ1n) is 7.62. The number of aryl methyl sites for hydroxylation is 2. The fourth-order valence-electron chi connectivity index (χ4n) is 2.44. The fourth-order valence-corrected chi connectivity index (χ4v) is 2.44. The van der Waals surface area contributed by atoms with E-state index in [4.69, 9.17) is 4.74 Å². The Morgan fingerprint density at radius 1 is 1.09 bits per heavy atom. The highest BCUT2D eigenvalue weighted by atomic mass is 16.5. The molecule has 1 N–H and O–H groups in total. The quantitative estimate of drug-likeness (QED) is 0.862. The first-order chi connectivity index (χ1) is 11.0. The van der Waals surface area contributed by atoms with E-state index < -0.39 is 12.0 Å². The largest absolute Gasteiger partial charge is 0.464 e.